The van der Waals surface area contributed by atoms with E-state index in [4.69, 9.17) is 28.9 Å². The number of thioether (sulfide) groups is 1. The molecule has 0 bridgehead atoms. The third-order valence-corrected chi connectivity index (χ3v) is 6.22. The van der Waals surface area contributed by atoms with Gasteiger partial charge in [0.1, 0.15) is 4.32 Å². The number of thiocarbonyl (C=S) groups is 1. The summed E-state index contributed by atoms with van der Waals surface area (Å²) in [6, 6.07) is 17.4. The van der Waals surface area contributed by atoms with E-state index >= 15 is 0 Å². The Labute approximate surface area is 190 Å². The van der Waals surface area contributed by atoms with Gasteiger partial charge in [0, 0.05) is 28.9 Å². The molecule has 4 nitrogen and oxygen atoms in total. The van der Waals surface area contributed by atoms with Gasteiger partial charge in [-0.15, -0.1) is 0 Å². The molecular weight excluding hydrogens is 434 g/mol. The van der Waals surface area contributed by atoms with Crippen molar-refractivity contribution in [1.29, 1.82) is 0 Å². The van der Waals surface area contributed by atoms with Gasteiger partial charge in [-0.2, -0.15) is 5.10 Å². The van der Waals surface area contributed by atoms with Crippen LogP contribution in [0.4, 0.5) is 0 Å². The molecule has 0 unspecified atom stereocenters. The predicted molar refractivity (Wildman–Crippen MR) is 129 cm³/mol. The second kappa shape index (κ2) is 8.76. The SMILES string of the molecule is CC(C)CN1C(=O)C(=Cc2cn(-c3ccccc3)nc2-c2ccc(Cl)cc2)SC1=S. The van der Waals surface area contributed by atoms with Gasteiger partial charge in [0.2, 0.25) is 0 Å². The molecule has 1 fully saturated rings. The summed E-state index contributed by atoms with van der Waals surface area (Å²) < 4.78 is 2.42. The van der Waals surface area contributed by atoms with Crippen LogP contribution in [-0.2, 0) is 4.79 Å². The lowest BCUT2D eigenvalue weighted by molar-refractivity contribution is -0.122. The van der Waals surface area contributed by atoms with E-state index in [1.165, 1.54) is 11.8 Å². The van der Waals surface area contributed by atoms with Crippen molar-refractivity contribution in [2.45, 2.75) is 13.8 Å². The van der Waals surface area contributed by atoms with E-state index in [0.717, 1.165) is 22.5 Å². The van der Waals surface area contributed by atoms with E-state index in [-0.39, 0.29) is 5.91 Å². The van der Waals surface area contributed by atoms with Gasteiger partial charge in [0.05, 0.1) is 16.3 Å². The van der Waals surface area contributed by atoms with Crippen LogP contribution in [0, 0.1) is 5.92 Å². The zero-order valence-electron chi connectivity index (χ0n) is 16.6. The van der Waals surface area contributed by atoms with Crippen LogP contribution in [0.15, 0.2) is 65.7 Å². The van der Waals surface area contributed by atoms with E-state index in [1.807, 2.05) is 71.6 Å². The molecule has 4 rings (SSSR count). The summed E-state index contributed by atoms with van der Waals surface area (Å²) in [4.78, 5) is 15.2. The fourth-order valence-corrected chi connectivity index (χ4v) is 4.59. The number of halogens is 1. The van der Waals surface area contributed by atoms with Crippen molar-refractivity contribution in [3.8, 4) is 16.9 Å². The highest BCUT2D eigenvalue weighted by atomic mass is 35.5. The maximum Gasteiger partial charge on any atom is 0.266 e. The number of rotatable bonds is 5. The minimum absolute atomic E-state index is 0.0479. The molecule has 1 amide bonds. The predicted octanol–water partition coefficient (Wildman–Crippen LogP) is 6.05. The number of para-hydroxylation sites is 1. The van der Waals surface area contributed by atoms with Gasteiger partial charge < -0.3 is 0 Å². The molecule has 1 aromatic heterocycles. The van der Waals surface area contributed by atoms with Gasteiger partial charge in [-0.3, -0.25) is 9.69 Å². The fraction of sp³-hybridized carbons (Fsp3) is 0.174. The topological polar surface area (TPSA) is 38.1 Å². The summed E-state index contributed by atoms with van der Waals surface area (Å²) in [5, 5.41) is 5.46. The Morgan fingerprint density at radius 2 is 1.83 bits per heavy atom. The third-order valence-electron chi connectivity index (χ3n) is 4.59. The Kier molecular flexibility index (Phi) is 6.09. The van der Waals surface area contributed by atoms with Crippen LogP contribution >= 0.6 is 35.6 Å². The first-order valence-corrected chi connectivity index (χ1v) is 11.2. The van der Waals surface area contributed by atoms with E-state index in [2.05, 4.69) is 13.8 Å². The molecule has 1 saturated heterocycles. The highest BCUT2D eigenvalue weighted by molar-refractivity contribution is 8.26. The maximum atomic E-state index is 12.9. The molecular formula is C23H20ClN3OS2. The second-order valence-electron chi connectivity index (χ2n) is 7.41. The Balaban J connectivity index is 1.78. The van der Waals surface area contributed by atoms with E-state index < -0.39 is 0 Å². The molecule has 0 radical (unpaired) electrons. The molecule has 0 aliphatic carbocycles. The van der Waals surface area contributed by atoms with Crippen LogP contribution in [-0.4, -0.2) is 31.5 Å². The molecule has 3 aromatic rings. The van der Waals surface area contributed by atoms with Crippen molar-refractivity contribution in [3.63, 3.8) is 0 Å². The molecule has 0 atom stereocenters. The highest BCUT2D eigenvalue weighted by Crippen LogP contribution is 2.35. The lowest BCUT2D eigenvalue weighted by Gasteiger charge is -2.16. The van der Waals surface area contributed by atoms with Crippen molar-refractivity contribution in [2.75, 3.05) is 6.54 Å². The monoisotopic (exact) mass is 453 g/mol. The quantitative estimate of drug-likeness (QED) is 0.348. The first-order valence-electron chi connectivity index (χ1n) is 9.59. The van der Waals surface area contributed by atoms with Crippen LogP contribution < -0.4 is 0 Å². The zero-order valence-corrected chi connectivity index (χ0v) is 19.0. The van der Waals surface area contributed by atoms with Crippen molar-refractivity contribution < 1.29 is 4.79 Å². The van der Waals surface area contributed by atoms with E-state index in [9.17, 15) is 4.79 Å². The van der Waals surface area contributed by atoms with Gasteiger partial charge >= 0.3 is 0 Å². The summed E-state index contributed by atoms with van der Waals surface area (Å²) in [6.45, 7) is 4.77. The van der Waals surface area contributed by atoms with Crippen LogP contribution in [0.2, 0.25) is 5.02 Å². The number of amides is 1. The smallest absolute Gasteiger partial charge is 0.266 e. The Bertz CT molecular complexity index is 1120. The first kappa shape index (κ1) is 20.8. The molecule has 2 heterocycles. The van der Waals surface area contributed by atoms with Gasteiger partial charge in [0.15, 0.2) is 0 Å². The van der Waals surface area contributed by atoms with E-state index in [1.54, 1.807) is 4.90 Å². The standard InChI is InChI=1S/C23H20ClN3OS2/c1-15(2)13-26-22(28)20(30-23(26)29)12-17-14-27(19-6-4-3-5-7-19)25-21(17)16-8-10-18(24)11-9-16/h3-12,14-15H,13H2,1-2H3. The number of benzene rings is 2. The number of carbonyl (C=O) groups excluding carboxylic acids is 1. The van der Waals surface area contributed by atoms with Gasteiger partial charge in [-0.05, 0) is 36.3 Å². The zero-order chi connectivity index (χ0) is 21.3. The number of hydrogen-bond donors (Lipinski definition) is 0. The fourth-order valence-electron chi connectivity index (χ4n) is 3.20. The largest absolute Gasteiger partial charge is 0.293 e. The summed E-state index contributed by atoms with van der Waals surface area (Å²) in [5.74, 6) is 0.297. The molecule has 30 heavy (non-hydrogen) atoms. The Hall–Kier alpha value is -2.41. The Morgan fingerprint density at radius 1 is 1.13 bits per heavy atom. The number of hydrogen-bond acceptors (Lipinski definition) is 4. The number of aromatic nitrogens is 2. The highest BCUT2D eigenvalue weighted by Gasteiger charge is 2.32. The first-order chi connectivity index (χ1) is 14.4. The second-order valence-corrected chi connectivity index (χ2v) is 9.52. The van der Waals surface area contributed by atoms with Crippen LogP contribution in [0.5, 0.6) is 0 Å². The summed E-state index contributed by atoms with van der Waals surface area (Å²) in [5.41, 5.74) is 3.51. The lowest BCUT2D eigenvalue weighted by Crippen LogP contribution is -2.31. The number of carbonyl (C=O) groups is 1. The van der Waals surface area contributed by atoms with E-state index in [0.29, 0.717) is 26.7 Å². The van der Waals surface area contributed by atoms with Crippen molar-refractivity contribution in [1.82, 2.24) is 14.7 Å². The van der Waals surface area contributed by atoms with Crippen molar-refractivity contribution in [2.24, 2.45) is 5.92 Å². The molecule has 0 spiro atoms. The molecule has 7 heteroatoms. The molecule has 0 N–H and O–H groups in total. The van der Waals surface area contributed by atoms with Crippen LogP contribution in [0.1, 0.15) is 19.4 Å². The minimum Gasteiger partial charge on any atom is -0.293 e. The molecule has 1 aliphatic rings. The molecule has 2 aromatic carbocycles. The van der Waals surface area contributed by atoms with Crippen LogP contribution in [0.25, 0.3) is 23.0 Å². The van der Waals surface area contributed by atoms with Crippen molar-refractivity contribution >= 4 is 51.9 Å². The molecule has 1 aliphatic heterocycles. The average molecular weight is 454 g/mol. The minimum atomic E-state index is -0.0479. The van der Waals surface area contributed by atoms with Gasteiger partial charge in [-0.25, -0.2) is 4.68 Å². The summed E-state index contributed by atoms with van der Waals surface area (Å²) in [7, 11) is 0. The average Bonchev–Trinajstić information content (AvgIpc) is 3.26. The summed E-state index contributed by atoms with van der Waals surface area (Å²) >= 11 is 12.8. The van der Waals surface area contributed by atoms with Crippen LogP contribution in [0.3, 0.4) is 0 Å². The van der Waals surface area contributed by atoms with Gasteiger partial charge in [-0.1, -0.05) is 79.8 Å². The normalized spacial score (nSPS) is 15.6. The third kappa shape index (κ3) is 4.36. The molecule has 0 saturated carbocycles. The van der Waals surface area contributed by atoms with Gasteiger partial charge in [0.25, 0.3) is 5.91 Å². The summed E-state index contributed by atoms with van der Waals surface area (Å²) in [6.07, 6.45) is 3.82. The maximum absolute atomic E-state index is 12.9. The number of nitrogens with zero attached hydrogens (tertiary/aromatic N) is 3. The lowest BCUT2D eigenvalue weighted by atomic mass is 10.1. The van der Waals surface area contributed by atoms with Crippen molar-refractivity contribution in [3.05, 3.63) is 76.3 Å². The molecule has 152 valence electrons. The Morgan fingerprint density at radius 3 is 2.50 bits per heavy atom.